The molecule has 1 aromatic rings. The minimum absolute atomic E-state index is 0.154. The topological polar surface area (TPSA) is 44.5 Å². The summed E-state index contributed by atoms with van der Waals surface area (Å²) in [4.78, 5) is 0. The van der Waals surface area contributed by atoms with Crippen molar-refractivity contribution in [3.8, 4) is 11.5 Å². The molecule has 118 valence electrons. The number of methoxy groups -OCH3 is 1. The molecule has 1 fully saturated rings. The van der Waals surface area contributed by atoms with Crippen LogP contribution in [0.5, 0.6) is 11.5 Å². The minimum Gasteiger partial charge on any atom is -0.493 e. The van der Waals surface area contributed by atoms with Gasteiger partial charge in [0.2, 0.25) is 0 Å². The van der Waals surface area contributed by atoms with Crippen LogP contribution in [0.15, 0.2) is 18.2 Å². The Morgan fingerprint density at radius 1 is 1.19 bits per heavy atom. The van der Waals surface area contributed by atoms with E-state index in [0.29, 0.717) is 6.10 Å². The van der Waals surface area contributed by atoms with Gasteiger partial charge in [-0.25, -0.2) is 0 Å². The molecule has 1 aliphatic carbocycles. The third-order valence-corrected chi connectivity index (χ3v) is 4.63. The first-order chi connectivity index (χ1) is 9.99. The van der Waals surface area contributed by atoms with E-state index in [9.17, 15) is 0 Å². The largest absolute Gasteiger partial charge is 0.493 e. The van der Waals surface area contributed by atoms with Crippen molar-refractivity contribution in [2.45, 2.75) is 58.6 Å². The molecule has 2 rings (SSSR count). The van der Waals surface area contributed by atoms with E-state index in [0.717, 1.165) is 42.6 Å². The first-order valence-electron chi connectivity index (χ1n) is 8.08. The van der Waals surface area contributed by atoms with Gasteiger partial charge in [-0.2, -0.15) is 0 Å². The van der Waals surface area contributed by atoms with Crippen molar-refractivity contribution in [3.05, 3.63) is 23.8 Å². The van der Waals surface area contributed by atoms with E-state index in [1.165, 1.54) is 12.0 Å². The number of benzene rings is 1. The summed E-state index contributed by atoms with van der Waals surface area (Å²) in [7, 11) is 1.69. The lowest BCUT2D eigenvalue weighted by molar-refractivity contribution is 0.0976. The molecule has 0 heterocycles. The monoisotopic (exact) mass is 291 g/mol. The molecule has 0 saturated heterocycles. The maximum Gasteiger partial charge on any atom is 0.161 e. The van der Waals surface area contributed by atoms with Crippen LogP contribution in [0.1, 0.15) is 45.6 Å². The zero-order valence-corrected chi connectivity index (χ0v) is 13.8. The smallest absolute Gasteiger partial charge is 0.161 e. The van der Waals surface area contributed by atoms with Crippen LogP contribution in [0.4, 0.5) is 0 Å². The molecular formula is C18H29NO2. The molecule has 0 spiro atoms. The highest BCUT2D eigenvalue weighted by Crippen LogP contribution is 2.35. The minimum atomic E-state index is 0.154. The first-order valence-corrected chi connectivity index (χ1v) is 8.08. The van der Waals surface area contributed by atoms with Gasteiger partial charge in [0.05, 0.1) is 13.2 Å². The summed E-state index contributed by atoms with van der Waals surface area (Å²) in [6.45, 7) is 6.68. The molecule has 4 atom stereocenters. The third kappa shape index (κ3) is 4.37. The lowest BCUT2D eigenvalue weighted by Crippen LogP contribution is -2.29. The van der Waals surface area contributed by atoms with Gasteiger partial charge in [0.15, 0.2) is 11.5 Å². The Kier molecular flexibility index (Phi) is 5.51. The second-order valence-electron chi connectivity index (χ2n) is 6.67. The quantitative estimate of drug-likeness (QED) is 0.897. The summed E-state index contributed by atoms with van der Waals surface area (Å²) in [5.41, 5.74) is 7.10. The summed E-state index contributed by atoms with van der Waals surface area (Å²) in [6, 6.07) is 6.30. The van der Waals surface area contributed by atoms with E-state index in [-0.39, 0.29) is 6.04 Å². The molecule has 0 aliphatic heterocycles. The van der Waals surface area contributed by atoms with Crippen LogP contribution >= 0.6 is 0 Å². The van der Waals surface area contributed by atoms with Crippen LogP contribution in [0.3, 0.4) is 0 Å². The molecule has 4 unspecified atom stereocenters. The van der Waals surface area contributed by atoms with E-state index in [1.54, 1.807) is 7.11 Å². The maximum atomic E-state index is 6.25. The normalized spacial score (nSPS) is 27.2. The highest BCUT2D eigenvalue weighted by molar-refractivity contribution is 5.43. The van der Waals surface area contributed by atoms with E-state index >= 15 is 0 Å². The SMILES string of the molecule is COc1ccc(CC(C)N)cc1OC1CCC(C)C(C)C1. The van der Waals surface area contributed by atoms with Crippen molar-refractivity contribution in [1.82, 2.24) is 0 Å². The fraction of sp³-hybridized carbons (Fsp3) is 0.667. The highest BCUT2D eigenvalue weighted by atomic mass is 16.5. The number of hydrogen-bond acceptors (Lipinski definition) is 3. The number of ether oxygens (including phenoxy) is 2. The Labute approximate surface area is 128 Å². The Balaban J connectivity index is 2.10. The second-order valence-corrected chi connectivity index (χ2v) is 6.67. The molecule has 3 heteroatoms. The predicted molar refractivity (Wildman–Crippen MR) is 86.9 cm³/mol. The molecule has 21 heavy (non-hydrogen) atoms. The molecule has 2 N–H and O–H groups in total. The standard InChI is InChI=1S/C18H29NO2/c1-12-5-7-16(9-13(12)2)21-18-11-15(10-14(3)19)6-8-17(18)20-4/h6,8,11-14,16H,5,7,9-10,19H2,1-4H3. The zero-order chi connectivity index (χ0) is 15.4. The van der Waals surface area contributed by atoms with Crippen molar-refractivity contribution in [3.63, 3.8) is 0 Å². The van der Waals surface area contributed by atoms with Gasteiger partial charge in [-0.15, -0.1) is 0 Å². The van der Waals surface area contributed by atoms with E-state index in [1.807, 2.05) is 13.0 Å². The van der Waals surface area contributed by atoms with Crippen LogP contribution in [0, 0.1) is 11.8 Å². The predicted octanol–water partition coefficient (Wildman–Crippen LogP) is 3.79. The van der Waals surface area contributed by atoms with E-state index < -0.39 is 0 Å². The molecule has 0 radical (unpaired) electrons. The average molecular weight is 291 g/mol. The summed E-state index contributed by atoms with van der Waals surface area (Å²) in [6.07, 6.45) is 4.66. The second kappa shape index (κ2) is 7.17. The Hall–Kier alpha value is -1.22. The molecule has 1 saturated carbocycles. The van der Waals surface area contributed by atoms with Crippen molar-refractivity contribution in [1.29, 1.82) is 0 Å². The lowest BCUT2D eigenvalue weighted by Gasteiger charge is -2.32. The Bertz CT molecular complexity index is 459. The molecule has 0 amide bonds. The lowest BCUT2D eigenvalue weighted by atomic mass is 9.80. The Morgan fingerprint density at radius 3 is 2.57 bits per heavy atom. The van der Waals surface area contributed by atoms with Crippen molar-refractivity contribution in [2.24, 2.45) is 17.6 Å². The highest BCUT2D eigenvalue weighted by Gasteiger charge is 2.26. The van der Waals surface area contributed by atoms with Crippen LogP contribution in [0.2, 0.25) is 0 Å². The van der Waals surface area contributed by atoms with Crippen molar-refractivity contribution >= 4 is 0 Å². The number of nitrogens with two attached hydrogens (primary N) is 1. The van der Waals surface area contributed by atoms with Gasteiger partial charge in [-0.3, -0.25) is 0 Å². The van der Waals surface area contributed by atoms with Gasteiger partial charge >= 0.3 is 0 Å². The molecule has 1 aromatic carbocycles. The summed E-state index contributed by atoms with van der Waals surface area (Å²) < 4.78 is 11.7. The van der Waals surface area contributed by atoms with Gasteiger partial charge in [-0.1, -0.05) is 19.9 Å². The Morgan fingerprint density at radius 2 is 1.95 bits per heavy atom. The van der Waals surface area contributed by atoms with E-state index in [4.69, 9.17) is 15.2 Å². The number of hydrogen-bond donors (Lipinski definition) is 1. The summed E-state index contributed by atoms with van der Waals surface area (Å²) >= 11 is 0. The van der Waals surface area contributed by atoms with Crippen LogP contribution < -0.4 is 15.2 Å². The fourth-order valence-electron chi connectivity index (χ4n) is 3.10. The maximum absolute atomic E-state index is 6.25. The average Bonchev–Trinajstić information content (AvgIpc) is 2.43. The molecule has 3 nitrogen and oxygen atoms in total. The molecule has 0 bridgehead atoms. The van der Waals surface area contributed by atoms with Gasteiger partial charge in [-0.05, 0) is 62.1 Å². The fourth-order valence-corrected chi connectivity index (χ4v) is 3.10. The van der Waals surface area contributed by atoms with Gasteiger partial charge < -0.3 is 15.2 Å². The van der Waals surface area contributed by atoms with Gasteiger partial charge in [0.1, 0.15) is 0 Å². The van der Waals surface area contributed by atoms with Crippen LogP contribution in [-0.2, 0) is 6.42 Å². The molecular weight excluding hydrogens is 262 g/mol. The van der Waals surface area contributed by atoms with Crippen molar-refractivity contribution in [2.75, 3.05) is 7.11 Å². The first kappa shape index (κ1) is 16.2. The van der Waals surface area contributed by atoms with Gasteiger partial charge in [0, 0.05) is 6.04 Å². The van der Waals surface area contributed by atoms with Gasteiger partial charge in [0.25, 0.3) is 0 Å². The molecule has 0 aromatic heterocycles. The summed E-state index contributed by atoms with van der Waals surface area (Å²) in [5.74, 6) is 3.20. The zero-order valence-electron chi connectivity index (χ0n) is 13.8. The van der Waals surface area contributed by atoms with E-state index in [2.05, 4.69) is 26.0 Å². The summed E-state index contributed by atoms with van der Waals surface area (Å²) in [5, 5.41) is 0. The number of rotatable bonds is 5. The van der Waals surface area contributed by atoms with Crippen LogP contribution in [0.25, 0.3) is 0 Å². The molecule has 1 aliphatic rings. The third-order valence-electron chi connectivity index (χ3n) is 4.63. The van der Waals surface area contributed by atoms with Crippen molar-refractivity contribution < 1.29 is 9.47 Å². The van der Waals surface area contributed by atoms with Crippen LogP contribution in [-0.4, -0.2) is 19.3 Å².